The summed E-state index contributed by atoms with van der Waals surface area (Å²) in [6.07, 6.45) is 5.67. The maximum atomic E-state index is 13.2. The number of rotatable bonds is 6. The molecule has 2 heterocycles. The summed E-state index contributed by atoms with van der Waals surface area (Å²) in [6.45, 7) is 6.44. The molecule has 0 aliphatic carbocycles. The lowest BCUT2D eigenvalue weighted by Crippen LogP contribution is -2.70. The van der Waals surface area contributed by atoms with Gasteiger partial charge in [0.1, 0.15) is 12.5 Å². The second-order valence-electron chi connectivity index (χ2n) is 7.66. The molecule has 0 saturated heterocycles. The summed E-state index contributed by atoms with van der Waals surface area (Å²) in [5.41, 5.74) is 8.14. The van der Waals surface area contributed by atoms with Crippen LogP contribution in [-0.4, -0.2) is 35.6 Å². The van der Waals surface area contributed by atoms with E-state index in [2.05, 4.69) is 33.6 Å². The van der Waals surface area contributed by atoms with Gasteiger partial charge in [-0.1, -0.05) is 44.2 Å². The Morgan fingerprint density at radius 2 is 2.17 bits per heavy atom. The summed E-state index contributed by atoms with van der Waals surface area (Å²) in [6, 6.07) is 12.4. The van der Waals surface area contributed by atoms with Crippen LogP contribution in [0.4, 0.5) is 0 Å². The molecule has 1 amide bonds. The van der Waals surface area contributed by atoms with E-state index in [9.17, 15) is 10.1 Å². The second-order valence-corrected chi connectivity index (χ2v) is 7.66. The average Bonchev–Trinajstić information content (AvgIpc) is 3.05. The van der Waals surface area contributed by atoms with Gasteiger partial charge in [0, 0.05) is 24.4 Å². The minimum Gasteiger partial charge on any atom is -0.404 e. The number of carbonyl (C=O) groups excluding carboxylic acids is 1. The van der Waals surface area contributed by atoms with E-state index in [1.54, 1.807) is 6.92 Å². The van der Waals surface area contributed by atoms with Crippen molar-refractivity contribution in [3.63, 3.8) is 0 Å². The number of benzene rings is 1. The van der Waals surface area contributed by atoms with Crippen LogP contribution in [0.5, 0.6) is 0 Å². The van der Waals surface area contributed by atoms with Gasteiger partial charge in [0.15, 0.2) is 11.9 Å². The first-order valence-electron chi connectivity index (χ1n) is 9.75. The molecule has 0 aromatic heterocycles. The Morgan fingerprint density at radius 1 is 1.45 bits per heavy atom. The second kappa shape index (κ2) is 8.31. The van der Waals surface area contributed by atoms with Crippen LogP contribution in [0, 0.1) is 23.2 Å². The van der Waals surface area contributed by atoms with Crippen molar-refractivity contribution in [3.05, 3.63) is 58.9 Å². The van der Waals surface area contributed by atoms with Crippen molar-refractivity contribution in [1.82, 2.24) is 10.3 Å². The van der Waals surface area contributed by atoms with Gasteiger partial charge in [-0.2, -0.15) is 10.4 Å². The quantitative estimate of drug-likeness (QED) is 0.611. The maximum Gasteiger partial charge on any atom is 0.274 e. The molecule has 7 heteroatoms. The van der Waals surface area contributed by atoms with E-state index in [4.69, 9.17) is 5.73 Å². The molecule has 7 nitrogen and oxygen atoms in total. The Bertz CT molecular complexity index is 938. The molecule has 4 N–H and O–H groups in total. The standard InChI is InChI=1S/C22H26N6O/c1-15(2)19-20(27-22(3)18(12-24)14-26-28(22)21(19)29)17(11-23)13-25-10-9-16-7-5-4-6-8-16/h4-8,11,13-15,18,27H,9-10,23H2,1-3H3/p+1. The third kappa shape index (κ3) is 3.79. The normalized spacial score (nSPS) is 24.2. The van der Waals surface area contributed by atoms with Crippen molar-refractivity contribution in [1.29, 1.82) is 5.26 Å². The molecule has 2 unspecified atom stereocenters. The van der Waals surface area contributed by atoms with Gasteiger partial charge in [-0.15, -0.1) is 0 Å². The van der Waals surface area contributed by atoms with E-state index in [-0.39, 0.29) is 11.8 Å². The predicted octanol–water partition coefficient (Wildman–Crippen LogP) is 0.420. The van der Waals surface area contributed by atoms with E-state index in [1.165, 1.54) is 23.0 Å². The fourth-order valence-electron chi connectivity index (χ4n) is 3.63. The van der Waals surface area contributed by atoms with Crippen molar-refractivity contribution < 1.29 is 9.79 Å². The number of hydrogen-bond donors (Lipinski definition) is 3. The van der Waals surface area contributed by atoms with Crippen LogP contribution in [0.1, 0.15) is 26.3 Å². The highest BCUT2D eigenvalue weighted by molar-refractivity contribution is 6.00. The largest absolute Gasteiger partial charge is 0.404 e. The molecule has 3 rings (SSSR count). The summed E-state index contributed by atoms with van der Waals surface area (Å²) in [5.74, 6) is -0.805. The van der Waals surface area contributed by atoms with Gasteiger partial charge in [0.05, 0.1) is 17.3 Å². The summed E-state index contributed by atoms with van der Waals surface area (Å²) in [7, 11) is 0. The molecular formula is C22H27N6O+. The van der Waals surface area contributed by atoms with Crippen LogP contribution < -0.4 is 16.0 Å². The Morgan fingerprint density at radius 3 is 2.79 bits per heavy atom. The number of nitrogens with one attached hydrogen (secondary N) is 2. The van der Waals surface area contributed by atoms with Crippen LogP contribution in [0.2, 0.25) is 0 Å². The van der Waals surface area contributed by atoms with E-state index < -0.39 is 11.6 Å². The van der Waals surface area contributed by atoms with Crippen molar-refractivity contribution in [2.24, 2.45) is 22.7 Å². The molecule has 2 atom stereocenters. The highest BCUT2D eigenvalue weighted by atomic mass is 16.2. The number of nitriles is 1. The zero-order chi connectivity index (χ0) is 21.0. The van der Waals surface area contributed by atoms with Gasteiger partial charge in [-0.3, -0.25) is 4.79 Å². The molecule has 0 bridgehead atoms. The van der Waals surface area contributed by atoms with Crippen LogP contribution in [0.3, 0.4) is 0 Å². The fourth-order valence-corrected chi connectivity index (χ4v) is 3.63. The first kappa shape index (κ1) is 20.3. The van der Waals surface area contributed by atoms with E-state index in [0.29, 0.717) is 16.8 Å². The molecule has 1 aromatic carbocycles. The van der Waals surface area contributed by atoms with E-state index >= 15 is 0 Å². The number of fused-ring (bicyclic) bond motifs is 1. The molecule has 0 spiro atoms. The van der Waals surface area contributed by atoms with Crippen molar-refractivity contribution in [3.8, 4) is 6.07 Å². The van der Waals surface area contributed by atoms with Gasteiger partial charge in [-0.05, 0) is 18.4 Å². The van der Waals surface area contributed by atoms with Crippen LogP contribution in [0.25, 0.3) is 0 Å². The van der Waals surface area contributed by atoms with Crippen molar-refractivity contribution >= 4 is 18.3 Å². The number of amides is 1. The lowest BCUT2D eigenvalue weighted by atomic mass is 9.88. The number of allylic oxidation sites excluding steroid dienone is 1. The zero-order valence-electron chi connectivity index (χ0n) is 17.0. The maximum absolute atomic E-state index is 13.2. The SMILES string of the molecule is CC(C)C1=C(C(C=[NH+]CCc2ccccc2)=CN)NC2(C)C(C#N)C=NN2C1=O. The first-order chi connectivity index (χ1) is 13.9. The molecule has 0 saturated carbocycles. The molecule has 0 fully saturated rings. The van der Waals surface area contributed by atoms with Gasteiger partial charge < -0.3 is 11.1 Å². The van der Waals surface area contributed by atoms with Crippen LogP contribution in [0.15, 0.2) is 58.5 Å². The molecule has 29 heavy (non-hydrogen) atoms. The molecular weight excluding hydrogens is 364 g/mol. The highest BCUT2D eigenvalue weighted by Gasteiger charge is 2.52. The molecule has 0 radical (unpaired) electrons. The minimum atomic E-state index is -0.939. The number of nitrogens with zero attached hydrogens (tertiary/aromatic N) is 3. The molecule has 2 aliphatic heterocycles. The van der Waals surface area contributed by atoms with E-state index in [1.807, 2.05) is 38.3 Å². The summed E-state index contributed by atoms with van der Waals surface area (Å²) in [5, 5.41) is 18.4. The van der Waals surface area contributed by atoms with E-state index in [0.717, 1.165) is 13.0 Å². The minimum absolute atomic E-state index is 0.0430. The highest BCUT2D eigenvalue weighted by Crippen LogP contribution is 2.37. The van der Waals surface area contributed by atoms with Crippen molar-refractivity contribution in [2.75, 3.05) is 6.54 Å². The lowest BCUT2D eigenvalue weighted by molar-refractivity contribution is -0.450. The number of hydrazone groups is 1. The number of carbonyl (C=O) groups is 1. The molecule has 1 aromatic rings. The Hall–Kier alpha value is -3.40. The smallest absolute Gasteiger partial charge is 0.274 e. The molecule has 150 valence electrons. The van der Waals surface area contributed by atoms with Gasteiger partial charge in [0.2, 0.25) is 0 Å². The Labute approximate surface area is 171 Å². The summed E-state index contributed by atoms with van der Waals surface area (Å²) >= 11 is 0. The topological polar surface area (TPSA) is 108 Å². The van der Waals surface area contributed by atoms with Crippen molar-refractivity contribution in [2.45, 2.75) is 32.9 Å². The Kier molecular flexibility index (Phi) is 5.83. The average molecular weight is 391 g/mol. The van der Waals surface area contributed by atoms with Crippen LogP contribution >= 0.6 is 0 Å². The van der Waals surface area contributed by atoms with Crippen LogP contribution in [-0.2, 0) is 11.2 Å². The Balaban J connectivity index is 1.87. The fraction of sp³-hybridized carbons (Fsp3) is 0.364. The summed E-state index contributed by atoms with van der Waals surface area (Å²) in [4.78, 5) is 16.4. The van der Waals surface area contributed by atoms with Gasteiger partial charge in [-0.25, -0.2) is 10.0 Å². The third-order valence-electron chi connectivity index (χ3n) is 5.29. The number of nitrogens with two attached hydrogens (primary N) is 1. The van der Waals surface area contributed by atoms with Gasteiger partial charge in [0.25, 0.3) is 5.91 Å². The number of hydrogen-bond acceptors (Lipinski definition) is 5. The van der Waals surface area contributed by atoms with Gasteiger partial charge >= 0.3 is 0 Å². The summed E-state index contributed by atoms with van der Waals surface area (Å²) < 4.78 is 0. The predicted molar refractivity (Wildman–Crippen MR) is 112 cm³/mol. The molecule has 2 aliphatic rings. The monoisotopic (exact) mass is 391 g/mol. The first-order valence-corrected chi connectivity index (χ1v) is 9.75. The third-order valence-corrected chi connectivity index (χ3v) is 5.29. The lowest BCUT2D eigenvalue weighted by Gasteiger charge is -2.42. The zero-order valence-corrected chi connectivity index (χ0v) is 17.0.